The number of halogens is 1. The first kappa shape index (κ1) is 23.6. The molecule has 0 radical (unpaired) electrons. The molecule has 9 nitrogen and oxygen atoms in total. The number of aliphatic imine (C=N–C) groups is 1. The molecule has 0 aliphatic carbocycles. The summed E-state index contributed by atoms with van der Waals surface area (Å²) in [6.45, 7) is 3.72. The van der Waals surface area contributed by atoms with Crippen molar-refractivity contribution >= 4 is 29.9 Å². The highest BCUT2D eigenvalue weighted by molar-refractivity contribution is 14.0. The molecule has 0 fully saturated rings. The summed E-state index contributed by atoms with van der Waals surface area (Å²) in [5.74, 6) is 3.35. The highest BCUT2D eigenvalue weighted by Gasteiger charge is 2.11. The molecule has 2 heterocycles. The van der Waals surface area contributed by atoms with Crippen LogP contribution in [0.1, 0.15) is 22.8 Å². The van der Waals surface area contributed by atoms with Gasteiger partial charge in [0.1, 0.15) is 11.6 Å². The molecule has 3 rings (SSSR count). The Bertz CT molecular complexity index is 964. The van der Waals surface area contributed by atoms with E-state index in [1.54, 1.807) is 11.8 Å². The molecule has 0 atom stereocenters. The van der Waals surface area contributed by atoms with Gasteiger partial charge in [-0.25, -0.2) is 4.99 Å². The van der Waals surface area contributed by atoms with Crippen LogP contribution in [0.3, 0.4) is 0 Å². The van der Waals surface area contributed by atoms with E-state index in [0.717, 1.165) is 34.5 Å². The van der Waals surface area contributed by atoms with E-state index >= 15 is 0 Å². The van der Waals surface area contributed by atoms with Crippen molar-refractivity contribution in [1.29, 1.82) is 0 Å². The summed E-state index contributed by atoms with van der Waals surface area (Å²) < 4.78 is 8.99. The van der Waals surface area contributed by atoms with Crippen LogP contribution in [0.15, 0.2) is 41.7 Å². The SMILES string of the molecule is COc1ccc(CN=C(NCc2nnc(C)n2C)N(C)Cc2cnn(C)c2)cc1.I. The normalized spacial score (nSPS) is 11.2. The van der Waals surface area contributed by atoms with Crippen LogP contribution in [-0.2, 0) is 33.7 Å². The molecular formula is C20H29IN8O. The Labute approximate surface area is 194 Å². The Balaban J connectivity index is 0.00000320. The molecular weight excluding hydrogens is 495 g/mol. The Kier molecular flexibility index (Phi) is 8.63. The molecule has 0 saturated heterocycles. The fraction of sp³-hybridized carbons (Fsp3) is 0.400. The number of hydrogen-bond acceptors (Lipinski definition) is 5. The zero-order chi connectivity index (χ0) is 20.8. The zero-order valence-corrected chi connectivity index (χ0v) is 20.4. The Morgan fingerprint density at radius 1 is 1.17 bits per heavy atom. The topological polar surface area (TPSA) is 85.4 Å². The second-order valence-corrected chi connectivity index (χ2v) is 6.94. The fourth-order valence-corrected chi connectivity index (χ4v) is 2.87. The highest BCUT2D eigenvalue weighted by Crippen LogP contribution is 2.12. The summed E-state index contributed by atoms with van der Waals surface area (Å²) in [5, 5.41) is 16.0. The molecule has 1 N–H and O–H groups in total. The van der Waals surface area contributed by atoms with E-state index in [1.165, 1.54) is 0 Å². The van der Waals surface area contributed by atoms with Gasteiger partial charge >= 0.3 is 0 Å². The number of nitrogens with one attached hydrogen (secondary N) is 1. The van der Waals surface area contributed by atoms with Crippen LogP contribution < -0.4 is 10.1 Å². The van der Waals surface area contributed by atoms with Crippen LogP contribution in [0.5, 0.6) is 5.75 Å². The van der Waals surface area contributed by atoms with Crippen molar-refractivity contribution in [1.82, 2.24) is 34.8 Å². The summed E-state index contributed by atoms with van der Waals surface area (Å²) in [6, 6.07) is 7.93. The molecule has 3 aromatic rings. The lowest BCUT2D eigenvalue weighted by Crippen LogP contribution is -2.38. The summed E-state index contributed by atoms with van der Waals surface area (Å²) >= 11 is 0. The third-order valence-corrected chi connectivity index (χ3v) is 4.70. The second kappa shape index (κ2) is 11.0. The minimum absolute atomic E-state index is 0. The molecule has 1 aromatic carbocycles. The van der Waals surface area contributed by atoms with Gasteiger partial charge < -0.3 is 19.5 Å². The maximum atomic E-state index is 5.22. The van der Waals surface area contributed by atoms with Gasteiger partial charge in [-0.2, -0.15) is 5.10 Å². The summed E-state index contributed by atoms with van der Waals surface area (Å²) in [5.41, 5.74) is 2.22. The second-order valence-electron chi connectivity index (χ2n) is 6.94. The van der Waals surface area contributed by atoms with Crippen molar-refractivity contribution in [2.75, 3.05) is 14.2 Å². The number of benzene rings is 1. The Hall–Kier alpha value is -2.63. The van der Waals surface area contributed by atoms with Gasteiger partial charge in [0.15, 0.2) is 11.8 Å². The van der Waals surface area contributed by atoms with Crippen molar-refractivity contribution in [3.05, 3.63) is 59.4 Å². The van der Waals surface area contributed by atoms with Gasteiger partial charge in [0, 0.05) is 39.4 Å². The minimum atomic E-state index is 0. The lowest BCUT2D eigenvalue weighted by molar-refractivity contribution is 0.414. The number of aryl methyl sites for hydroxylation is 2. The van der Waals surface area contributed by atoms with Gasteiger partial charge in [0.25, 0.3) is 0 Å². The first-order chi connectivity index (χ1) is 14.0. The number of guanidine groups is 1. The third-order valence-electron chi connectivity index (χ3n) is 4.70. The molecule has 10 heteroatoms. The van der Waals surface area contributed by atoms with Crippen LogP contribution in [0.2, 0.25) is 0 Å². The lowest BCUT2D eigenvalue weighted by atomic mass is 10.2. The molecule has 0 amide bonds. The van der Waals surface area contributed by atoms with E-state index in [4.69, 9.17) is 9.73 Å². The molecule has 0 aliphatic heterocycles. The van der Waals surface area contributed by atoms with Gasteiger partial charge in [0.05, 0.1) is 26.4 Å². The molecule has 0 bridgehead atoms. The van der Waals surface area contributed by atoms with E-state index < -0.39 is 0 Å². The number of rotatable bonds is 7. The van der Waals surface area contributed by atoms with Crippen molar-refractivity contribution in [2.45, 2.75) is 26.6 Å². The molecule has 162 valence electrons. The number of hydrogen-bond donors (Lipinski definition) is 1. The van der Waals surface area contributed by atoms with E-state index in [1.807, 2.05) is 69.3 Å². The number of nitrogens with zero attached hydrogens (tertiary/aromatic N) is 7. The predicted octanol–water partition coefficient (Wildman–Crippen LogP) is 2.26. The first-order valence-corrected chi connectivity index (χ1v) is 9.41. The molecule has 0 unspecified atom stereocenters. The monoisotopic (exact) mass is 524 g/mol. The van der Waals surface area contributed by atoms with E-state index in [0.29, 0.717) is 19.6 Å². The summed E-state index contributed by atoms with van der Waals surface area (Å²) in [4.78, 5) is 6.88. The molecule has 2 aromatic heterocycles. The quantitative estimate of drug-likeness (QED) is 0.290. The maximum absolute atomic E-state index is 5.22. The third kappa shape index (κ3) is 6.18. The Morgan fingerprint density at radius 2 is 1.90 bits per heavy atom. The van der Waals surface area contributed by atoms with Gasteiger partial charge in [-0.3, -0.25) is 4.68 Å². The molecule has 0 aliphatic rings. The van der Waals surface area contributed by atoms with Gasteiger partial charge in [0.2, 0.25) is 0 Å². The molecule has 30 heavy (non-hydrogen) atoms. The van der Waals surface area contributed by atoms with Crippen molar-refractivity contribution in [3.63, 3.8) is 0 Å². The standard InChI is InChI=1S/C20H28N8O.HI/c1-15-24-25-19(28(15)4)12-22-20(26(2)13-17-11-23-27(3)14-17)21-10-16-6-8-18(29-5)9-7-16;/h6-9,11,14H,10,12-13H2,1-5H3,(H,21,22);1H. The van der Waals surface area contributed by atoms with Gasteiger partial charge in [-0.15, -0.1) is 34.2 Å². The number of aromatic nitrogens is 5. The largest absolute Gasteiger partial charge is 0.497 e. The fourth-order valence-electron chi connectivity index (χ4n) is 2.87. The van der Waals surface area contributed by atoms with Crippen LogP contribution >= 0.6 is 24.0 Å². The van der Waals surface area contributed by atoms with E-state index in [9.17, 15) is 0 Å². The summed E-state index contributed by atoms with van der Waals surface area (Å²) in [6.07, 6.45) is 3.87. The first-order valence-electron chi connectivity index (χ1n) is 9.41. The number of ether oxygens (including phenoxy) is 1. The van der Waals surface area contributed by atoms with Crippen molar-refractivity contribution < 1.29 is 4.74 Å². The van der Waals surface area contributed by atoms with Gasteiger partial charge in [-0.05, 0) is 24.6 Å². The van der Waals surface area contributed by atoms with Crippen molar-refractivity contribution in [2.24, 2.45) is 19.1 Å². The Morgan fingerprint density at radius 3 is 2.47 bits per heavy atom. The number of methoxy groups -OCH3 is 1. The van der Waals surface area contributed by atoms with E-state index in [-0.39, 0.29) is 24.0 Å². The van der Waals surface area contributed by atoms with Crippen LogP contribution in [-0.4, -0.2) is 49.6 Å². The molecule has 0 spiro atoms. The zero-order valence-electron chi connectivity index (χ0n) is 18.0. The minimum Gasteiger partial charge on any atom is -0.497 e. The van der Waals surface area contributed by atoms with Crippen LogP contribution in [0.4, 0.5) is 0 Å². The highest BCUT2D eigenvalue weighted by atomic mass is 127. The van der Waals surface area contributed by atoms with E-state index in [2.05, 4.69) is 25.5 Å². The smallest absolute Gasteiger partial charge is 0.194 e. The molecule has 0 saturated carbocycles. The lowest BCUT2D eigenvalue weighted by Gasteiger charge is -2.22. The predicted molar refractivity (Wildman–Crippen MR) is 127 cm³/mol. The van der Waals surface area contributed by atoms with Crippen molar-refractivity contribution in [3.8, 4) is 5.75 Å². The van der Waals surface area contributed by atoms with Crippen LogP contribution in [0.25, 0.3) is 0 Å². The van der Waals surface area contributed by atoms with Gasteiger partial charge in [-0.1, -0.05) is 12.1 Å². The van der Waals surface area contributed by atoms with Crippen LogP contribution in [0, 0.1) is 6.92 Å². The average Bonchev–Trinajstić information content (AvgIpc) is 3.27. The average molecular weight is 524 g/mol. The summed E-state index contributed by atoms with van der Waals surface area (Å²) in [7, 11) is 7.54. The maximum Gasteiger partial charge on any atom is 0.194 e.